The summed E-state index contributed by atoms with van der Waals surface area (Å²) in [5.74, 6) is 5.26. The summed E-state index contributed by atoms with van der Waals surface area (Å²) in [6, 6.07) is 2.65. The van der Waals surface area contributed by atoms with Gasteiger partial charge in [-0.3, -0.25) is 16.3 Å². The molecular formula is C11H18FN3O. The van der Waals surface area contributed by atoms with Crippen molar-refractivity contribution < 1.29 is 9.13 Å². The highest BCUT2D eigenvalue weighted by molar-refractivity contribution is 5.12. The van der Waals surface area contributed by atoms with E-state index < -0.39 is 0 Å². The largest absolute Gasteiger partial charge is 0.385 e. The second-order valence-corrected chi connectivity index (χ2v) is 3.77. The number of halogens is 1. The molecule has 3 N–H and O–H groups in total. The van der Waals surface area contributed by atoms with Crippen LogP contribution in [0.1, 0.15) is 25.1 Å². The van der Waals surface area contributed by atoms with Gasteiger partial charge in [-0.25, -0.2) is 4.39 Å². The summed E-state index contributed by atoms with van der Waals surface area (Å²) in [7, 11) is 1.64. The van der Waals surface area contributed by atoms with E-state index in [1.807, 2.05) is 6.92 Å². The van der Waals surface area contributed by atoms with E-state index in [9.17, 15) is 4.39 Å². The Kier molecular flexibility index (Phi) is 5.31. The van der Waals surface area contributed by atoms with Gasteiger partial charge in [0.1, 0.15) is 5.82 Å². The maximum atomic E-state index is 13.5. The zero-order chi connectivity index (χ0) is 12.0. The topological polar surface area (TPSA) is 60.2 Å². The summed E-state index contributed by atoms with van der Waals surface area (Å²) in [5, 5.41) is 0. The number of methoxy groups -OCH3 is 1. The Morgan fingerprint density at radius 2 is 2.38 bits per heavy atom. The van der Waals surface area contributed by atoms with Crippen LogP contribution in [0.2, 0.25) is 0 Å². The molecule has 0 spiro atoms. The maximum absolute atomic E-state index is 13.5. The molecule has 0 aliphatic rings. The highest BCUT2D eigenvalue weighted by atomic mass is 19.1. The van der Waals surface area contributed by atoms with Crippen LogP contribution in [0.4, 0.5) is 4.39 Å². The summed E-state index contributed by atoms with van der Waals surface area (Å²) in [4.78, 5) is 4.02. The van der Waals surface area contributed by atoms with E-state index in [2.05, 4.69) is 10.4 Å². The molecule has 0 bridgehead atoms. The Balaban J connectivity index is 2.77. The van der Waals surface area contributed by atoms with Gasteiger partial charge in [0, 0.05) is 19.9 Å². The second kappa shape index (κ2) is 6.52. The maximum Gasteiger partial charge on any atom is 0.146 e. The predicted octanol–water partition coefficient (Wildman–Crippen LogP) is 1.40. The number of hydrazine groups is 1. The van der Waals surface area contributed by atoms with Crippen molar-refractivity contribution in [1.29, 1.82) is 0 Å². The molecule has 0 aliphatic carbocycles. The van der Waals surface area contributed by atoms with Crippen LogP contribution >= 0.6 is 0 Å². The lowest BCUT2D eigenvalue weighted by Gasteiger charge is -2.22. The number of nitrogens with one attached hydrogen (secondary N) is 1. The van der Waals surface area contributed by atoms with E-state index in [1.54, 1.807) is 19.4 Å². The van der Waals surface area contributed by atoms with Crippen LogP contribution in [0, 0.1) is 11.7 Å². The van der Waals surface area contributed by atoms with Crippen LogP contribution in [0.5, 0.6) is 0 Å². The molecule has 90 valence electrons. The molecule has 0 saturated heterocycles. The fourth-order valence-electron chi connectivity index (χ4n) is 1.61. The van der Waals surface area contributed by atoms with Gasteiger partial charge >= 0.3 is 0 Å². The van der Waals surface area contributed by atoms with E-state index in [4.69, 9.17) is 10.6 Å². The highest BCUT2D eigenvalue weighted by Crippen LogP contribution is 2.23. The minimum absolute atomic E-state index is 0.148. The third-order valence-corrected chi connectivity index (χ3v) is 2.61. The average Bonchev–Trinajstić information content (AvgIpc) is 2.30. The quantitative estimate of drug-likeness (QED) is 0.569. The lowest BCUT2D eigenvalue weighted by molar-refractivity contribution is 0.169. The molecule has 1 heterocycles. The van der Waals surface area contributed by atoms with Crippen LogP contribution in [-0.4, -0.2) is 18.7 Å². The van der Waals surface area contributed by atoms with Crippen molar-refractivity contribution in [3.05, 3.63) is 29.8 Å². The van der Waals surface area contributed by atoms with E-state index in [0.29, 0.717) is 12.3 Å². The van der Waals surface area contributed by atoms with Gasteiger partial charge in [-0.1, -0.05) is 6.92 Å². The van der Waals surface area contributed by atoms with Crippen LogP contribution in [0.3, 0.4) is 0 Å². The monoisotopic (exact) mass is 227 g/mol. The normalized spacial score (nSPS) is 14.8. The number of nitrogens with two attached hydrogens (primary N) is 1. The molecule has 1 aromatic rings. The summed E-state index contributed by atoms with van der Waals surface area (Å²) in [6.07, 6.45) is 2.35. The Morgan fingerprint density at radius 3 is 2.94 bits per heavy atom. The molecule has 16 heavy (non-hydrogen) atoms. The zero-order valence-corrected chi connectivity index (χ0v) is 9.61. The smallest absolute Gasteiger partial charge is 0.146 e. The second-order valence-electron chi connectivity index (χ2n) is 3.77. The number of pyridine rings is 1. The lowest BCUT2D eigenvalue weighted by Crippen LogP contribution is -2.34. The Hall–Kier alpha value is -1.04. The zero-order valence-electron chi connectivity index (χ0n) is 9.61. The molecule has 0 amide bonds. The Labute approximate surface area is 95.0 Å². The standard InChI is InChI=1S/C11H18FN3O/c1-8(5-7-16-2)10(15-13)11-9(12)4-3-6-14-11/h3-4,6,8,10,15H,5,7,13H2,1-2H3. The molecule has 0 aromatic carbocycles. The Morgan fingerprint density at radius 1 is 1.62 bits per heavy atom. The summed E-state index contributed by atoms with van der Waals surface area (Å²) >= 11 is 0. The molecule has 0 aliphatic heterocycles. The third kappa shape index (κ3) is 3.23. The SMILES string of the molecule is COCCC(C)C(NN)c1ncccc1F. The first-order valence-electron chi connectivity index (χ1n) is 5.26. The van der Waals surface area contributed by atoms with Gasteiger partial charge in [-0.05, 0) is 24.5 Å². The number of rotatable bonds is 6. The first-order valence-corrected chi connectivity index (χ1v) is 5.26. The van der Waals surface area contributed by atoms with Crippen molar-refractivity contribution in [3.63, 3.8) is 0 Å². The van der Waals surface area contributed by atoms with Crippen molar-refractivity contribution in [2.24, 2.45) is 11.8 Å². The highest BCUT2D eigenvalue weighted by Gasteiger charge is 2.21. The minimum atomic E-state index is -0.338. The van der Waals surface area contributed by atoms with Gasteiger partial charge in [-0.2, -0.15) is 0 Å². The van der Waals surface area contributed by atoms with Gasteiger partial charge in [0.15, 0.2) is 0 Å². The van der Waals surface area contributed by atoms with Crippen molar-refractivity contribution in [2.75, 3.05) is 13.7 Å². The third-order valence-electron chi connectivity index (χ3n) is 2.61. The molecule has 0 saturated carbocycles. The molecule has 2 unspecified atom stereocenters. The molecule has 2 atom stereocenters. The van der Waals surface area contributed by atoms with Crippen LogP contribution < -0.4 is 11.3 Å². The first kappa shape index (κ1) is 13.0. The van der Waals surface area contributed by atoms with E-state index in [0.717, 1.165) is 6.42 Å². The Bertz CT molecular complexity index is 322. The van der Waals surface area contributed by atoms with E-state index in [1.165, 1.54) is 6.07 Å². The van der Waals surface area contributed by atoms with Gasteiger partial charge < -0.3 is 4.74 Å². The first-order chi connectivity index (χ1) is 7.70. The van der Waals surface area contributed by atoms with Crippen molar-refractivity contribution in [2.45, 2.75) is 19.4 Å². The van der Waals surface area contributed by atoms with Gasteiger partial charge in [-0.15, -0.1) is 0 Å². The fourth-order valence-corrected chi connectivity index (χ4v) is 1.61. The number of hydrogen-bond donors (Lipinski definition) is 2. The molecular weight excluding hydrogens is 209 g/mol. The van der Waals surface area contributed by atoms with E-state index >= 15 is 0 Å². The van der Waals surface area contributed by atoms with E-state index in [-0.39, 0.29) is 17.8 Å². The van der Waals surface area contributed by atoms with Gasteiger partial charge in [0.25, 0.3) is 0 Å². The van der Waals surface area contributed by atoms with Gasteiger partial charge in [0.2, 0.25) is 0 Å². The van der Waals surface area contributed by atoms with Crippen molar-refractivity contribution >= 4 is 0 Å². The summed E-state index contributed by atoms with van der Waals surface area (Å²) in [6.45, 7) is 2.60. The van der Waals surface area contributed by atoms with Crippen molar-refractivity contribution in [3.8, 4) is 0 Å². The summed E-state index contributed by atoms with van der Waals surface area (Å²) < 4.78 is 18.5. The fraction of sp³-hybridized carbons (Fsp3) is 0.545. The number of hydrogen-bond acceptors (Lipinski definition) is 4. The molecule has 1 rings (SSSR count). The number of ether oxygens (including phenoxy) is 1. The average molecular weight is 227 g/mol. The van der Waals surface area contributed by atoms with Crippen molar-refractivity contribution in [1.82, 2.24) is 10.4 Å². The predicted molar refractivity (Wildman–Crippen MR) is 59.9 cm³/mol. The molecule has 0 radical (unpaired) electrons. The molecule has 0 fully saturated rings. The van der Waals surface area contributed by atoms with Crippen LogP contribution in [0.25, 0.3) is 0 Å². The molecule has 1 aromatic heterocycles. The molecule has 5 heteroatoms. The van der Waals surface area contributed by atoms with Crippen LogP contribution in [0.15, 0.2) is 18.3 Å². The lowest BCUT2D eigenvalue weighted by atomic mass is 9.96. The minimum Gasteiger partial charge on any atom is -0.385 e. The van der Waals surface area contributed by atoms with Gasteiger partial charge in [0.05, 0.1) is 11.7 Å². The molecule has 4 nitrogen and oxygen atoms in total. The summed E-state index contributed by atoms with van der Waals surface area (Å²) in [5.41, 5.74) is 2.96. The number of aromatic nitrogens is 1. The number of nitrogens with zero attached hydrogens (tertiary/aromatic N) is 1. The van der Waals surface area contributed by atoms with Crippen LogP contribution in [-0.2, 0) is 4.74 Å².